The fourth-order valence-electron chi connectivity index (χ4n) is 1.33. The standard InChI is InChI=1S/C9H16F2N2O/c10-9(11)7(14)6-13-8-4-2-1-3-5-12-8/h7,9,14H,1-6H2,(H,12,13). The van der Waals surface area contributed by atoms with E-state index in [9.17, 15) is 8.78 Å². The van der Waals surface area contributed by atoms with Crippen LogP contribution < -0.4 is 5.32 Å². The van der Waals surface area contributed by atoms with Crippen molar-refractivity contribution < 1.29 is 13.9 Å². The van der Waals surface area contributed by atoms with Gasteiger partial charge in [-0.15, -0.1) is 0 Å². The summed E-state index contributed by atoms with van der Waals surface area (Å²) in [7, 11) is 0. The van der Waals surface area contributed by atoms with Gasteiger partial charge in [-0.3, -0.25) is 4.99 Å². The van der Waals surface area contributed by atoms with Crippen LogP contribution in [0.4, 0.5) is 8.78 Å². The molecule has 3 nitrogen and oxygen atoms in total. The molecule has 5 heteroatoms. The predicted molar refractivity (Wildman–Crippen MR) is 50.8 cm³/mol. The van der Waals surface area contributed by atoms with Crippen LogP contribution in [0.1, 0.15) is 25.7 Å². The molecular formula is C9H16F2N2O. The highest BCUT2D eigenvalue weighted by atomic mass is 19.3. The highest BCUT2D eigenvalue weighted by molar-refractivity contribution is 5.82. The van der Waals surface area contributed by atoms with Crippen molar-refractivity contribution in [3.8, 4) is 0 Å². The topological polar surface area (TPSA) is 44.6 Å². The summed E-state index contributed by atoms with van der Waals surface area (Å²) in [5.41, 5.74) is 0. The first-order valence-corrected chi connectivity index (χ1v) is 4.93. The SMILES string of the molecule is OC(CNC1=NCCCCC1)C(F)F. The minimum absolute atomic E-state index is 0.115. The van der Waals surface area contributed by atoms with E-state index in [0.717, 1.165) is 38.1 Å². The van der Waals surface area contributed by atoms with Gasteiger partial charge in [-0.05, 0) is 12.8 Å². The molecule has 0 aliphatic carbocycles. The minimum atomic E-state index is -2.69. The molecule has 0 spiro atoms. The van der Waals surface area contributed by atoms with Gasteiger partial charge in [0.15, 0.2) is 0 Å². The van der Waals surface area contributed by atoms with Crippen LogP contribution in [0.5, 0.6) is 0 Å². The average molecular weight is 206 g/mol. The lowest BCUT2D eigenvalue weighted by atomic mass is 10.2. The molecule has 82 valence electrons. The molecule has 0 radical (unpaired) electrons. The van der Waals surface area contributed by atoms with Gasteiger partial charge in [-0.25, -0.2) is 8.78 Å². The maximum Gasteiger partial charge on any atom is 0.265 e. The molecular weight excluding hydrogens is 190 g/mol. The largest absolute Gasteiger partial charge is 0.385 e. The van der Waals surface area contributed by atoms with Gasteiger partial charge < -0.3 is 10.4 Å². The third-order valence-corrected chi connectivity index (χ3v) is 2.18. The summed E-state index contributed by atoms with van der Waals surface area (Å²) < 4.78 is 23.9. The highest BCUT2D eigenvalue weighted by Crippen LogP contribution is 2.06. The number of nitrogens with zero attached hydrogens (tertiary/aromatic N) is 1. The lowest BCUT2D eigenvalue weighted by Crippen LogP contribution is -2.35. The van der Waals surface area contributed by atoms with Crippen molar-refractivity contribution in [3.05, 3.63) is 0 Å². The van der Waals surface area contributed by atoms with Crippen LogP contribution in [0.3, 0.4) is 0 Å². The van der Waals surface area contributed by atoms with Gasteiger partial charge in [-0.2, -0.15) is 0 Å². The summed E-state index contributed by atoms with van der Waals surface area (Å²) in [5.74, 6) is 0.752. The maximum absolute atomic E-state index is 11.9. The summed E-state index contributed by atoms with van der Waals surface area (Å²) in [5, 5.41) is 11.6. The van der Waals surface area contributed by atoms with Crippen LogP contribution in [0.15, 0.2) is 4.99 Å². The molecule has 0 saturated carbocycles. The summed E-state index contributed by atoms with van der Waals surface area (Å²) in [6.45, 7) is 0.642. The third kappa shape index (κ3) is 4.00. The number of aliphatic hydroxyl groups excluding tert-OH is 1. The third-order valence-electron chi connectivity index (χ3n) is 2.18. The van der Waals surface area contributed by atoms with Gasteiger partial charge in [0.25, 0.3) is 6.43 Å². The number of aliphatic hydroxyl groups is 1. The molecule has 0 saturated heterocycles. The quantitative estimate of drug-likeness (QED) is 0.728. The first kappa shape index (κ1) is 11.4. The smallest absolute Gasteiger partial charge is 0.265 e. The Morgan fingerprint density at radius 2 is 2.14 bits per heavy atom. The molecule has 1 rings (SSSR count). The van der Waals surface area contributed by atoms with Crippen molar-refractivity contribution in [2.24, 2.45) is 4.99 Å². The van der Waals surface area contributed by atoms with Gasteiger partial charge in [0.05, 0.1) is 5.84 Å². The van der Waals surface area contributed by atoms with Crippen LogP contribution in [0, 0.1) is 0 Å². The molecule has 0 aromatic carbocycles. The molecule has 14 heavy (non-hydrogen) atoms. The number of rotatable bonds is 3. The predicted octanol–water partition coefficient (Wildman–Crippen LogP) is 1.17. The zero-order valence-electron chi connectivity index (χ0n) is 8.05. The maximum atomic E-state index is 11.9. The molecule has 0 amide bonds. The Labute approximate surface area is 82.2 Å². The van der Waals surface area contributed by atoms with E-state index < -0.39 is 12.5 Å². The zero-order chi connectivity index (χ0) is 10.4. The Hall–Kier alpha value is -0.710. The molecule has 1 aliphatic rings. The van der Waals surface area contributed by atoms with Crippen LogP contribution in [-0.2, 0) is 0 Å². The molecule has 0 aromatic rings. The molecule has 0 aromatic heterocycles. The Bertz CT molecular complexity index is 197. The molecule has 1 unspecified atom stereocenters. The van der Waals surface area contributed by atoms with Gasteiger partial charge in [0.2, 0.25) is 0 Å². The fourth-order valence-corrected chi connectivity index (χ4v) is 1.33. The van der Waals surface area contributed by atoms with Crippen molar-refractivity contribution in [3.63, 3.8) is 0 Å². The number of alkyl halides is 2. The van der Waals surface area contributed by atoms with E-state index >= 15 is 0 Å². The second-order valence-electron chi connectivity index (χ2n) is 3.42. The van der Waals surface area contributed by atoms with E-state index in [1.54, 1.807) is 0 Å². The minimum Gasteiger partial charge on any atom is -0.385 e. The number of hydrogen-bond acceptors (Lipinski definition) is 3. The van der Waals surface area contributed by atoms with E-state index in [2.05, 4.69) is 10.3 Å². The zero-order valence-corrected chi connectivity index (χ0v) is 8.05. The van der Waals surface area contributed by atoms with Crippen molar-refractivity contribution in [2.45, 2.75) is 38.2 Å². The highest BCUT2D eigenvalue weighted by Gasteiger charge is 2.16. The van der Waals surface area contributed by atoms with Crippen LogP contribution in [0.2, 0.25) is 0 Å². The van der Waals surface area contributed by atoms with E-state index in [1.165, 1.54) is 0 Å². The molecule has 2 N–H and O–H groups in total. The van der Waals surface area contributed by atoms with Gasteiger partial charge in [-0.1, -0.05) is 6.42 Å². The second kappa shape index (κ2) is 5.90. The first-order chi connectivity index (χ1) is 6.70. The monoisotopic (exact) mass is 206 g/mol. The van der Waals surface area contributed by atoms with Crippen molar-refractivity contribution in [1.82, 2.24) is 5.32 Å². The van der Waals surface area contributed by atoms with Crippen LogP contribution in [-0.4, -0.2) is 36.6 Å². The van der Waals surface area contributed by atoms with E-state index in [1.807, 2.05) is 0 Å². The van der Waals surface area contributed by atoms with Crippen LogP contribution >= 0.6 is 0 Å². The number of halogens is 2. The summed E-state index contributed by atoms with van der Waals surface area (Å²) in [6, 6.07) is 0. The van der Waals surface area contributed by atoms with Crippen molar-refractivity contribution >= 4 is 5.84 Å². The van der Waals surface area contributed by atoms with Crippen molar-refractivity contribution in [1.29, 1.82) is 0 Å². The summed E-state index contributed by atoms with van der Waals surface area (Å²) >= 11 is 0. The van der Waals surface area contributed by atoms with E-state index in [0.29, 0.717) is 0 Å². The number of amidine groups is 1. The van der Waals surface area contributed by atoms with E-state index in [4.69, 9.17) is 5.11 Å². The Morgan fingerprint density at radius 3 is 2.86 bits per heavy atom. The Morgan fingerprint density at radius 1 is 1.36 bits per heavy atom. The lowest BCUT2D eigenvalue weighted by Gasteiger charge is -2.12. The molecule has 0 fully saturated rings. The summed E-state index contributed by atoms with van der Waals surface area (Å²) in [6.07, 6.45) is -0.254. The van der Waals surface area contributed by atoms with E-state index in [-0.39, 0.29) is 6.54 Å². The lowest BCUT2D eigenvalue weighted by molar-refractivity contribution is -0.000961. The number of aliphatic imine (C=N–C) groups is 1. The number of nitrogens with one attached hydrogen (secondary N) is 1. The number of hydrogen-bond donors (Lipinski definition) is 2. The fraction of sp³-hybridized carbons (Fsp3) is 0.889. The van der Waals surface area contributed by atoms with Gasteiger partial charge in [0, 0.05) is 19.5 Å². The first-order valence-electron chi connectivity index (χ1n) is 4.93. The Balaban J connectivity index is 2.25. The van der Waals surface area contributed by atoms with Gasteiger partial charge in [0.1, 0.15) is 6.10 Å². The summed E-state index contributed by atoms with van der Waals surface area (Å²) in [4.78, 5) is 4.20. The van der Waals surface area contributed by atoms with Crippen LogP contribution in [0.25, 0.3) is 0 Å². The van der Waals surface area contributed by atoms with Crippen molar-refractivity contribution in [2.75, 3.05) is 13.1 Å². The normalized spacial score (nSPS) is 20.1. The van der Waals surface area contributed by atoms with Gasteiger partial charge >= 0.3 is 0 Å². The molecule has 1 heterocycles. The molecule has 1 atom stereocenters. The average Bonchev–Trinajstić information content (AvgIpc) is 2.42. The Kier molecular flexibility index (Phi) is 4.79. The molecule has 1 aliphatic heterocycles. The second-order valence-corrected chi connectivity index (χ2v) is 3.42. The molecule has 0 bridgehead atoms.